The molecule has 0 amide bonds. The van der Waals surface area contributed by atoms with Gasteiger partial charge >= 0.3 is 0 Å². The molecule has 2 heterocycles. The molecule has 3 aromatic rings. The molecule has 0 saturated heterocycles. The summed E-state index contributed by atoms with van der Waals surface area (Å²) in [5, 5.41) is 7.71. The minimum absolute atomic E-state index is 0.0882. The van der Waals surface area contributed by atoms with Crippen LogP contribution in [0.25, 0.3) is 11.6 Å². The van der Waals surface area contributed by atoms with Gasteiger partial charge in [-0.3, -0.25) is 4.98 Å². The molecule has 0 unspecified atom stereocenters. The van der Waals surface area contributed by atoms with Crippen LogP contribution in [0.5, 0.6) is 0 Å². The lowest BCUT2D eigenvalue weighted by Crippen LogP contribution is -2.23. The largest absolute Gasteiger partial charge is 0.418 e. The van der Waals surface area contributed by atoms with Crippen molar-refractivity contribution in [1.82, 2.24) is 19.9 Å². The maximum Gasteiger partial charge on any atom is 0.266 e. The smallest absolute Gasteiger partial charge is 0.266 e. The number of aromatic nitrogens is 3. The van der Waals surface area contributed by atoms with Gasteiger partial charge in [0.2, 0.25) is 15.9 Å². The molecule has 0 aliphatic rings. The number of hydrogen-bond acceptors (Lipinski definition) is 6. The van der Waals surface area contributed by atoms with E-state index in [9.17, 15) is 8.42 Å². The molecular formula is C16H16N4O3S. The first-order valence-corrected chi connectivity index (χ1v) is 8.75. The summed E-state index contributed by atoms with van der Waals surface area (Å²) in [5.74, 6) is 0.416. The van der Waals surface area contributed by atoms with Crippen LogP contribution in [0, 0.1) is 13.8 Å². The average molecular weight is 344 g/mol. The van der Waals surface area contributed by atoms with Crippen molar-refractivity contribution in [3.8, 4) is 11.6 Å². The molecular weight excluding hydrogens is 328 g/mol. The monoisotopic (exact) mass is 344 g/mol. The number of aryl methyl sites for hydroxylation is 2. The van der Waals surface area contributed by atoms with Crippen molar-refractivity contribution >= 4 is 10.0 Å². The molecule has 0 bridgehead atoms. The molecule has 0 aliphatic heterocycles. The molecule has 0 saturated carbocycles. The van der Waals surface area contributed by atoms with E-state index in [2.05, 4.69) is 19.9 Å². The van der Waals surface area contributed by atoms with Crippen molar-refractivity contribution in [2.45, 2.75) is 25.3 Å². The minimum Gasteiger partial charge on any atom is -0.418 e. The third-order valence-electron chi connectivity index (χ3n) is 3.55. The van der Waals surface area contributed by atoms with E-state index in [-0.39, 0.29) is 23.2 Å². The zero-order chi connectivity index (χ0) is 17.2. The summed E-state index contributed by atoms with van der Waals surface area (Å²) in [4.78, 5) is 4.31. The Hall–Kier alpha value is -2.58. The van der Waals surface area contributed by atoms with E-state index >= 15 is 0 Å². The summed E-state index contributed by atoms with van der Waals surface area (Å²) in [6.45, 7) is 3.71. The Labute approximate surface area is 139 Å². The van der Waals surface area contributed by atoms with E-state index in [1.807, 2.05) is 13.8 Å². The lowest BCUT2D eigenvalue weighted by molar-refractivity contribution is 0.493. The van der Waals surface area contributed by atoms with Gasteiger partial charge < -0.3 is 4.42 Å². The fourth-order valence-electron chi connectivity index (χ4n) is 2.04. The second-order valence-electron chi connectivity index (χ2n) is 5.29. The Morgan fingerprint density at radius 1 is 1.08 bits per heavy atom. The SMILES string of the molecule is Cc1ccc(S(=O)(=O)NCc2nnc(-c3ccccn3)o2)cc1C. The number of nitrogens with one attached hydrogen (secondary N) is 1. The quantitative estimate of drug-likeness (QED) is 0.762. The summed E-state index contributed by atoms with van der Waals surface area (Å²) in [6.07, 6.45) is 1.61. The van der Waals surface area contributed by atoms with Crippen LogP contribution in [0.15, 0.2) is 51.9 Å². The van der Waals surface area contributed by atoms with Crippen molar-refractivity contribution in [2.75, 3.05) is 0 Å². The van der Waals surface area contributed by atoms with Gasteiger partial charge in [-0.15, -0.1) is 10.2 Å². The molecule has 24 heavy (non-hydrogen) atoms. The molecule has 0 radical (unpaired) electrons. The molecule has 2 aromatic heterocycles. The fourth-order valence-corrected chi connectivity index (χ4v) is 3.10. The van der Waals surface area contributed by atoms with Gasteiger partial charge in [-0.1, -0.05) is 12.1 Å². The van der Waals surface area contributed by atoms with Crippen LogP contribution >= 0.6 is 0 Å². The topological polar surface area (TPSA) is 98.0 Å². The van der Waals surface area contributed by atoms with Gasteiger partial charge in [0.1, 0.15) is 5.69 Å². The van der Waals surface area contributed by atoms with Crippen molar-refractivity contribution in [3.63, 3.8) is 0 Å². The van der Waals surface area contributed by atoms with Crippen LogP contribution in [0.4, 0.5) is 0 Å². The van der Waals surface area contributed by atoms with E-state index in [4.69, 9.17) is 4.42 Å². The molecule has 0 aliphatic carbocycles. The first-order valence-electron chi connectivity index (χ1n) is 7.26. The van der Waals surface area contributed by atoms with Gasteiger partial charge in [-0.25, -0.2) is 13.1 Å². The average Bonchev–Trinajstić information content (AvgIpc) is 3.05. The standard InChI is InChI=1S/C16H16N4O3S/c1-11-6-7-13(9-12(11)2)24(21,22)18-10-15-19-20-16(23-15)14-5-3-4-8-17-14/h3-9,18H,10H2,1-2H3. The summed E-state index contributed by atoms with van der Waals surface area (Å²) in [6, 6.07) is 10.3. The Bertz CT molecular complexity index is 952. The normalized spacial score (nSPS) is 11.6. The molecule has 7 nitrogen and oxygen atoms in total. The molecule has 1 N–H and O–H groups in total. The highest BCUT2D eigenvalue weighted by Gasteiger charge is 2.17. The highest BCUT2D eigenvalue weighted by atomic mass is 32.2. The lowest BCUT2D eigenvalue weighted by atomic mass is 10.1. The zero-order valence-corrected chi connectivity index (χ0v) is 14.0. The number of nitrogens with zero attached hydrogens (tertiary/aromatic N) is 3. The van der Waals surface area contributed by atoms with E-state index in [1.165, 1.54) is 0 Å². The van der Waals surface area contributed by atoms with Gasteiger partial charge in [0, 0.05) is 6.20 Å². The first kappa shape index (κ1) is 16.3. The summed E-state index contributed by atoms with van der Waals surface area (Å²) in [5.41, 5.74) is 2.48. The maximum atomic E-state index is 12.3. The maximum absolute atomic E-state index is 12.3. The Morgan fingerprint density at radius 2 is 1.92 bits per heavy atom. The number of benzene rings is 1. The number of rotatable bonds is 5. The van der Waals surface area contributed by atoms with E-state index in [0.29, 0.717) is 5.69 Å². The molecule has 8 heteroatoms. The molecule has 0 spiro atoms. The summed E-state index contributed by atoms with van der Waals surface area (Å²) >= 11 is 0. The van der Waals surface area contributed by atoms with Crippen LogP contribution in [-0.4, -0.2) is 23.6 Å². The van der Waals surface area contributed by atoms with Crippen molar-refractivity contribution in [1.29, 1.82) is 0 Å². The lowest BCUT2D eigenvalue weighted by Gasteiger charge is -2.07. The molecule has 124 valence electrons. The van der Waals surface area contributed by atoms with Crippen LogP contribution in [0.2, 0.25) is 0 Å². The van der Waals surface area contributed by atoms with Gasteiger partial charge in [0.15, 0.2) is 0 Å². The number of pyridine rings is 1. The van der Waals surface area contributed by atoms with E-state index in [0.717, 1.165) is 11.1 Å². The highest BCUT2D eigenvalue weighted by molar-refractivity contribution is 7.89. The molecule has 3 rings (SSSR count). The summed E-state index contributed by atoms with van der Waals surface area (Å²) in [7, 11) is -3.65. The Morgan fingerprint density at radius 3 is 2.62 bits per heavy atom. The Balaban J connectivity index is 1.73. The molecule has 0 atom stereocenters. The van der Waals surface area contributed by atoms with Gasteiger partial charge in [-0.2, -0.15) is 0 Å². The van der Waals surface area contributed by atoms with Crippen LogP contribution in [0.3, 0.4) is 0 Å². The third kappa shape index (κ3) is 3.50. The Kier molecular flexibility index (Phi) is 4.41. The number of sulfonamides is 1. The van der Waals surface area contributed by atoms with Gasteiger partial charge in [0.05, 0.1) is 11.4 Å². The van der Waals surface area contributed by atoms with E-state index in [1.54, 1.807) is 42.6 Å². The zero-order valence-electron chi connectivity index (χ0n) is 13.2. The predicted molar refractivity (Wildman–Crippen MR) is 87.5 cm³/mol. The highest BCUT2D eigenvalue weighted by Crippen LogP contribution is 2.16. The van der Waals surface area contributed by atoms with Crippen LogP contribution in [0.1, 0.15) is 17.0 Å². The van der Waals surface area contributed by atoms with Crippen molar-refractivity contribution in [2.24, 2.45) is 0 Å². The second-order valence-corrected chi connectivity index (χ2v) is 7.05. The molecule has 1 aromatic carbocycles. The third-order valence-corrected chi connectivity index (χ3v) is 4.95. The van der Waals surface area contributed by atoms with Crippen LogP contribution < -0.4 is 4.72 Å². The van der Waals surface area contributed by atoms with Crippen LogP contribution in [-0.2, 0) is 16.6 Å². The van der Waals surface area contributed by atoms with Crippen molar-refractivity contribution < 1.29 is 12.8 Å². The second kappa shape index (κ2) is 6.50. The summed E-state index contributed by atoms with van der Waals surface area (Å²) < 4.78 is 32.6. The van der Waals surface area contributed by atoms with Gasteiger partial charge in [0.25, 0.3) is 5.89 Å². The van der Waals surface area contributed by atoms with Gasteiger partial charge in [-0.05, 0) is 49.2 Å². The number of hydrogen-bond donors (Lipinski definition) is 1. The van der Waals surface area contributed by atoms with Crippen molar-refractivity contribution in [3.05, 3.63) is 59.6 Å². The first-order chi connectivity index (χ1) is 11.5. The minimum atomic E-state index is -3.65. The fraction of sp³-hybridized carbons (Fsp3) is 0.188. The molecule has 0 fully saturated rings. The predicted octanol–water partition coefficient (Wildman–Crippen LogP) is 2.23. The van der Waals surface area contributed by atoms with E-state index < -0.39 is 10.0 Å².